The van der Waals surface area contributed by atoms with E-state index in [9.17, 15) is 27.9 Å². The molecule has 0 spiro atoms. The number of carbonyl (C=O) groups is 2. The quantitative estimate of drug-likeness (QED) is 0.664. The molecule has 1 aliphatic rings. The molecule has 4 rings (SSSR count). The van der Waals surface area contributed by atoms with Crippen LogP contribution in [0, 0.1) is 0 Å². The van der Waals surface area contributed by atoms with E-state index in [0.29, 0.717) is 42.6 Å². The third-order valence-electron chi connectivity index (χ3n) is 5.77. The number of alkyl halides is 3. The Morgan fingerprint density at radius 1 is 1.00 bits per heavy atom. The smallest absolute Gasteiger partial charge is 0.416 e. The lowest BCUT2D eigenvalue weighted by Crippen LogP contribution is -2.47. The number of fused-ring (bicyclic) bond motifs is 1. The van der Waals surface area contributed by atoms with E-state index in [4.69, 9.17) is 0 Å². The molecule has 1 fully saturated rings. The molecule has 6 nitrogen and oxygen atoms in total. The molecule has 0 atom stereocenters. The van der Waals surface area contributed by atoms with Gasteiger partial charge >= 0.3 is 12.1 Å². The van der Waals surface area contributed by atoms with Gasteiger partial charge in [0.25, 0.3) is 5.91 Å². The van der Waals surface area contributed by atoms with Gasteiger partial charge in [-0.2, -0.15) is 13.2 Å². The van der Waals surface area contributed by atoms with Gasteiger partial charge < -0.3 is 19.5 Å². The highest BCUT2D eigenvalue weighted by Gasteiger charge is 2.32. The molecule has 2 aromatic carbocycles. The van der Waals surface area contributed by atoms with Gasteiger partial charge in [0.15, 0.2) is 0 Å². The standard InChI is InChI=1S/C23H22F3N3O3/c1-27-9-11-28(12-10-27)21(30)19-17-7-2-3-8-18(17)29(20(19)22(31)32)14-15-5-4-6-16(13-15)23(24,25)26/h2-8,13H,9-12,14H2,1H3,(H,31,32). The zero-order valence-electron chi connectivity index (χ0n) is 17.4. The number of carboxylic acids is 1. The van der Waals surface area contributed by atoms with E-state index in [1.165, 1.54) is 16.7 Å². The van der Waals surface area contributed by atoms with Crippen LogP contribution in [0.3, 0.4) is 0 Å². The highest BCUT2D eigenvalue weighted by molar-refractivity contribution is 6.14. The molecule has 0 radical (unpaired) electrons. The van der Waals surface area contributed by atoms with Crippen molar-refractivity contribution in [3.05, 3.63) is 70.9 Å². The SMILES string of the molecule is CN1CCN(C(=O)c2c(C(=O)O)n(Cc3cccc(C(F)(F)F)c3)c3ccccc23)CC1. The minimum Gasteiger partial charge on any atom is -0.477 e. The van der Waals surface area contributed by atoms with Crippen LogP contribution in [0.15, 0.2) is 48.5 Å². The van der Waals surface area contributed by atoms with E-state index >= 15 is 0 Å². The Morgan fingerprint density at radius 2 is 1.69 bits per heavy atom. The van der Waals surface area contributed by atoms with Gasteiger partial charge in [-0.15, -0.1) is 0 Å². The summed E-state index contributed by atoms with van der Waals surface area (Å²) in [5, 5.41) is 10.5. The Hall–Kier alpha value is -3.33. The second kappa shape index (κ2) is 8.31. The molecule has 1 aromatic heterocycles. The van der Waals surface area contributed by atoms with E-state index < -0.39 is 17.7 Å². The van der Waals surface area contributed by atoms with Crippen molar-refractivity contribution in [2.75, 3.05) is 33.2 Å². The summed E-state index contributed by atoms with van der Waals surface area (Å²) in [4.78, 5) is 29.4. The molecule has 0 saturated carbocycles. The third kappa shape index (κ3) is 4.08. The summed E-state index contributed by atoms with van der Waals surface area (Å²) in [7, 11) is 1.95. The zero-order chi connectivity index (χ0) is 23.0. The van der Waals surface area contributed by atoms with Crippen LogP contribution in [0.2, 0.25) is 0 Å². The Labute approximate surface area is 182 Å². The maximum Gasteiger partial charge on any atom is 0.416 e. The second-order valence-electron chi connectivity index (χ2n) is 7.93. The molecule has 1 N–H and O–H groups in total. The number of likely N-dealkylation sites (N-methyl/N-ethyl adjacent to an activating group) is 1. The number of nitrogens with zero attached hydrogens (tertiary/aromatic N) is 3. The maximum atomic E-state index is 13.4. The van der Waals surface area contributed by atoms with Crippen LogP contribution in [0.4, 0.5) is 13.2 Å². The van der Waals surface area contributed by atoms with Crippen LogP contribution >= 0.6 is 0 Å². The van der Waals surface area contributed by atoms with Crippen molar-refractivity contribution >= 4 is 22.8 Å². The molecule has 168 valence electrons. The molecule has 0 unspecified atom stereocenters. The number of benzene rings is 2. The van der Waals surface area contributed by atoms with E-state index in [1.807, 2.05) is 7.05 Å². The van der Waals surface area contributed by atoms with Gasteiger partial charge in [-0.1, -0.05) is 30.3 Å². The first-order chi connectivity index (χ1) is 15.2. The van der Waals surface area contributed by atoms with Crippen molar-refractivity contribution in [3.63, 3.8) is 0 Å². The average Bonchev–Trinajstić information content (AvgIpc) is 3.08. The first-order valence-electron chi connectivity index (χ1n) is 10.2. The fraction of sp³-hybridized carbons (Fsp3) is 0.304. The highest BCUT2D eigenvalue weighted by atomic mass is 19.4. The first-order valence-corrected chi connectivity index (χ1v) is 10.2. The first kappa shape index (κ1) is 21.9. The number of halogens is 3. The molecule has 3 aromatic rings. The predicted molar refractivity (Wildman–Crippen MR) is 113 cm³/mol. The van der Waals surface area contributed by atoms with Crippen molar-refractivity contribution in [2.45, 2.75) is 12.7 Å². The predicted octanol–water partition coefficient (Wildman–Crippen LogP) is 3.79. The maximum absolute atomic E-state index is 13.4. The monoisotopic (exact) mass is 445 g/mol. The van der Waals surface area contributed by atoms with Gasteiger partial charge in [0, 0.05) is 43.6 Å². The number of carbonyl (C=O) groups excluding carboxylic acids is 1. The van der Waals surface area contributed by atoms with Gasteiger partial charge in [-0.3, -0.25) is 4.79 Å². The summed E-state index contributed by atoms with van der Waals surface area (Å²) in [6.45, 7) is 2.19. The highest BCUT2D eigenvalue weighted by Crippen LogP contribution is 2.32. The fourth-order valence-corrected chi connectivity index (χ4v) is 4.10. The van der Waals surface area contributed by atoms with Crippen LogP contribution < -0.4 is 0 Å². The number of hydrogen-bond donors (Lipinski definition) is 1. The van der Waals surface area contributed by atoms with Crippen LogP contribution in [-0.2, 0) is 12.7 Å². The summed E-state index contributed by atoms with van der Waals surface area (Å²) in [6, 6.07) is 11.5. The number of amides is 1. The van der Waals surface area contributed by atoms with Crippen molar-refractivity contribution < 1.29 is 27.9 Å². The van der Waals surface area contributed by atoms with Gasteiger partial charge in [0.1, 0.15) is 5.69 Å². The zero-order valence-corrected chi connectivity index (χ0v) is 17.4. The summed E-state index contributed by atoms with van der Waals surface area (Å²) >= 11 is 0. The molecule has 1 aliphatic heterocycles. The largest absolute Gasteiger partial charge is 0.477 e. The van der Waals surface area contributed by atoms with Crippen LogP contribution in [0.1, 0.15) is 32.0 Å². The van der Waals surface area contributed by atoms with E-state index in [0.717, 1.165) is 12.1 Å². The summed E-state index contributed by atoms with van der Waals surface area (Å²) in [5.41, 5.74) is -0.171. The minimum absolute atomic E-state index is 0.0737. The van der Waals surface area contributed by atoms with E-state index in [-0.39, 0.29) is 23.7 Å². The lowest BCUT2D eigenvalue weighted by Gasteiger charge is -2.32. The van der Waals surface area contributed by atoms with E-state index in [1.54, 1.807) is 29.2 Å². The van der Waals surface area contributed by atoms with Gasteiger partial charge in [-0.05, 0) is 30.8 Å². The number of hydrogen-bond acceptors (Lipinski definition) is 3. The van der Waals surface area contributed by atoms with Crippen molar-refractivity contribution in [3.8, 4) is 0 Å². The minimum atomic E-state index is -4.51. The lowest BCUT2D eigenvalue weighted by atomic mass is 10.1. The second-order valence-corrected chi connectivity index (χ2v) is 7.93. The average molecular weight is 445 g/mol. The molecule has 0 aliphatic carbocycles. The van der Waals surface area contributed by atoms with Gasteiger partial charge in [0.05, 0.1) is 11.1 Å². The Balaban J connectivity index is 1.83. The van der Waals surface area contributed by atoms with Crippen molar-refractivity contribution in [1.29, 1.82) is 0 Å². The lowest BCUT2D eigenvalue weighted by molar-refractivity contribution is -0.137. The Bertz CT molecular complexity index is 1180. The number of aromatic nitrogens is 1. The molecular weight excluding hydrogens is 423 g/mol. The van der Waals surface area contributed by atoms with Gasteiger partial charge in [0.2, 0.25) is 0 Å². The molecular formula is C23H22F3N3O3. The third-order valence-corrected chi connectivity index (χ3v) is 5.77. The summed E-state index contributed by atoms with van der Waals surface area (Å²) < 4.78 is 40.9. The molecule has 2 heterocycles. The number of carboxylic acid groups (broad SMARTS) is 1. The molecule has 0 bridgehead atoms. The molecule has 1 saturated heterocycles. The van der Waals surface area contributed by atoms with Crippen LogP contribution in [0.25, 0.3) is 10.9 Å². The topological polar surface area (TPSA) is 65.8 Å². The number of para-hydroxylation sites is 1. The Morgan fingerprint density at radius 3 is 2.34 bits per heavy atom. The van der Waals surface area contributed by atoms with E-state index in [2.05, 4.69) is 4.90 Å². The normalized spacial score (nSPS) is 15.3. The van der Waals surface area contributed by atoms with Gasteiger partial charge in [-0.25, -0.2) is 4.79 Å². The summed E-state index contributed by atoms with van der Waals surface area (Å²) in [5.74, 6) is -1.68. The fourth-order valence-electron chi connectivity index (χ4n) is 4.10. The molecule has 32 heavy (non-hydrogen) atoms. The van der Waals surface area contributed by atoms with Crippen LogP contribution in [-0.4, -0.2) is 64.6 Å². The molecule has 1 amide bonds. The van der Waals surface area contributed by atoms with Crippen molar-refractivity contribution in [1.82, 2.24) is 14.4 Å². The molecule has 9 heteroatoms. The number of rotatable bonds is 4. The summed E-state index contributed by atoms with van der Waals surface area (Å²) in [6.07, 6.45) is -4.51. The Kier molecular flexibility index (Phi) is 5.68. The number of aromatic carboxylic acids is 1. The van der Waals surface area contributed by atoms with Crippen molar-refractivity contribution in [2.24, 2.45) is 0 Å². The van der Waals surface area contributed by atoms with Crippen LogP contribution in [0.5, 0.6) is 0 Å². The number of piperazine rings is 1.